The van der Waals surface area contributed by atoms with E-state index in [1.54, 1.807) is 0 Å². The highest BCUT2D eigenvalue weighted by Crippen LogP contribution is 2.34. The van der Waals surface area contributed by atoms with Gasteiger partial charge >= 0.3 is 18.2 Å². The van der Waals surface area contributed by atoms with Crippen LogP contribution in [0.3, 0.4) is 0 Å². The van der Waals surface area contributed by atoms with Crippen molar-refractivity contribution in [1.82, 2.24) is 0 Å². The average Bonchev–Trinajstić information content (AvgIpc) is 2.48. The van der Waals surface area contributed by atoms with Crippen molar-refractivity contribution in [3.63, 3.8) is 0 Å². The van der Waals surface area contributed by atoms with Gasteiger partial charge in [-0.25, -0.2) is 9.59 Å². The molecule has 0 unspecified atom stereocenters. The van der Waals surface area contributed by atoms with Crippen LogP contribution in [-0.2, 0) is 6.18 Å². The number of anilines is 2. The molecule has 5 nitrogen and oxygen atoms in total. The minimum absolute atomic E-state index is 0.103. The Morgan fingerprint density at radius 1 is 1.00 bits per heavy atom. The Balaban J connectivity index is 2.23. The number of para-hydroxylation sites is 1. The zero-order valence-electron chi connectivity index (χ0n) is 11.8. The van der Waals surface area contributed by atoms with Crippen LogP contribution in [0.1, 0.15) is 15.9 Å². The molecule has 0 aromatic heterocycles. The Kier molecular flexibility index (Phi) is 4.99. The molecule has 0 heterocycles. The summed E-state index contributed by atoms with van der Waals surface area (Å²) in [6.45, 7) is 0. The minimum Gasteiger partial charge on any atom is -0.478 e. The van der Waals surface area contributed by atoms with E-state index in [9.17, 15) is 22.8 Å². The molecule has 9 heteroatoms. The maximum atomic E-state index is 12.9. The quantitative estimate of drug-likeness (QED) is 0.744. The topological polar surface area (TPSA) is 78.4 Å². The first kappa shape index (κ1) is 17.6. The number of amides is 2. The van der Waals surface area contributed by atoms with Crippen LogP contribution in [0.5, 0.6) is 0 Å². The van der Waals surface area contributed by atoms with Gasteiger partial charge in [0.05, 0.1) is 22.5 Å². The molecule has 0 saturated heterocycles. The van der Waals surface area contributed by atoms with Crippen molar-refractivity contribution in [2.75, 3.05) is 10.6 Å². The van der Waals surface area contributed by atoms with Gasteiger partial charge in [-0.05, 0) is 30.3 Å². The van der Waals surface area contributed by atoms with Crippen LogP contribution in [-0.4, -0.2) is 17.1 Å². The van der Waals surface area contributed by atoms with Gasteiger partial charge in [-0.15, -0.1) is 0 Å². The van der Waals surface area contributed by atoms with E-state index in [4.69, 9.17) is 16.7 Å². The Hall–Kier alpha value is -2.74. The molecule has 0 aliphatic heterocycles. The molecule has 0 aliphatic carbocycles. The van der Waals surface area contributed by atoms with E-state index in [1.165, 1.54) is 24.3 Å². The van der Waals surface area contributed by atoms with E-state index in [-0.39, 0.29) is 16.3 Å². The van der Waals surface area contributed by atoms with Crippen LogP contribution < -0.4 is 10.6 Å². The molecule has 2 aromatic carbocycles. The number of urea groups is 1. The lowest BCUT2D eigenvalue weighted by molar-refractivity contribution is -0.136. The molecule has 0 saturated carbocycles. The molecule has 2 amide bonds. The predicted molar refractivity (Wildman–Crippen MR) is 82.5 cm³/mol. The third-order valence-electron chi connectivity index (χ3n) is 2.94. The fourth-order valence-electron chi connectivity index (χ4n) is 1.92. The highest BCUT2D eigenvalue weighted by Gasteiger charge is 2.33. The van der Waals surface area contributed by atoms with Crippen molar-refractivity contribution in [3.8, 4) is 0 Å². The third-order valence-corrected chi connectivity index (χ3v) is 3.18. The molecule has 2 rings (SSSR count). The number of carboxylic acids is 1. The first-order chi connectivity index (χ1) is 11.2. The highest BCUT2D eigenvalue weighted by atomic mass is 35.5. The maximum absolute atomic E-state index is 12.9. The number of aromatic carboxylic acids is 1. The summed E-state index contributed by atoms with van der Waals surface area (Å²) in [7, 11) is 0. The molecule has 24 heavy (non-hydrogen) atoms. The van der Waals surface area contributed by atoms with Gasteiger partial charge in [0.15, 0.2) is 0 Å². The van der Waals surface area contributed by atoms with Crippen LogP contribution >= 0.6 is 11.6 Å². The summed E-state index contributed by atoms with van der Waals surface area (Å²) < 4.78 is 38.6. The van der Waals surface area contributed by atoms with E-state index >= 15 is 0 Å². The molecule has 0 atom stereocenters. The number of carbonyl (C=O) groups is 2. The van der Waals surface area contributed by atoms with Crippen molar-refractivity contribution >= 4 is 35.0 Å². The van der Waals surface area contributed by atoms with Crippen LogP contribution in [0.4, 0.5) is 29.3 Å². The van der Waals surface area contributed by atoms with E-state index in [1.807, 2.05) is 0 Å². The van der Waals surface area contributed by atoms with Crippen molar-refractivity contribution in [2.24, 2.45) is 0 Å². The number of alkyl halides is 3. The first-order valence-electron chi connectivity index (χ1n) is 6.45. The number of rotatable bonds is 3. The lowest BCUT2D eigenvalue weighted by atomic mass is 10.1. The summed E-state index contributed by atoms with van der Waals surface area (Å²) in [6.07, 6.45) is -4.64. The van der Waals surface area contributed by atoms with Gasteiger partial charge in [-0.1, -0.05) is 23.7 Å². The fraction of sp³-hybridized carbons (Fsp3) is 0.0667. The number of hydrogen-bond donors (Lipinski definition) is 3. The number of hydrogen-bond acceptors (Lipinski definition) is 2. The second-order valence-corrected chi connectivity index (χ2v) is 5.05. The van der Waals surface area contributed by atoms with Crippen molar-refractivity contribution in [1.29, 1.82) is 0 Å². The van der Waals surface area contributed by atoms with E-state index in [0.29, 0.717) is 0 Å². The summed E-state index contributed by atoms with van der Waals surface area (Å²) in [5.41, 5.74) is -1.86. The number of halogens is 4. The third kappa shape index (κ3) is 4.17. The predicted octanol–water partition coefficient (Wildman–Crippen LogP) is 4.70. The van der Waals surface area contributed by atoms with Gasteiger partial charge in [-0.2, -0.15) is 13.2 Å². The summed E-state index contributed by atoms with van der Waals surface area (Å²) in [5, 5.41) is 13.4. The summed E-state index contributed by atoms with van der Waals surface area (Å²) in [6, 6.07) is 7.10. The molecule has 126 valence electrons. The Bertz CT molecular complexity index is 794. The average molecular weight is 359 g/mol. The summed E-state index contributed by atoms with van der Waals surface area (Å²) in [4.78, 5) is 23.0. The second-order valence-electron chi connectivity index (χ2n) is 4.62. The highest BCUT2D eigenvalue weighted by molar-refractivity contribution is 6.31. The molecular formula is C15H10ClF3N2O3. The van der Waals surface area contributed by atoms with Gasteiger partial charge < -0.3 is 15.7 Å². The number of carbonyl (C=O) groups excluding carboxylic acids is 1. The van der Waals surface area contributed by atoms with E-state index < -0.39 is 29.4 Å². The largest absolute Gasteiger partial charge is 0.478 e. The number of benzene rings is 2. The van der Waals surface area contributed by atoms with Crippen LogP contribution in [0.2, 0.25) is 5.02 Å². The number of carboxylic acid groups (broad SMARTS) is 1. The standard InChI is InChI=1S/C15H10ClF3N2O3/c16-8-5-6-11(9(7-8)13(22)23)20-14(24)21-12-4-2-1-3-10(12)15(17,18)19/h1-7H,(H,22,23)(H2,20,21,24). The van der Waals surface area contributed by atoms with Crippen LogP contribution in [0, 0.1) is 0 Å². The molecule has 0 aliphatic rings. The van der Waals surface area contributed by atoms with Gasteiger partial charge in [0.2, 0.25) is 0 Å². The van der Waals surface area contributed by atoms with E-state index in [2.05, 4.69) is 10.6 Å². The zero-order chi connectivity index (χ0) is 17.9. The van der Waals surface area contributed by atoms with Gasteiger partial charge in [-0.3, -0.25) is 0 Å². The molecule has 0 spiro atoms. The molecule has 0 fully saturated rings. The van der Waals surface area contributed by atoms with Crippen molar-refractivity contribution in [2.45, 2.75) is 6.18 Å². The molecule has 2 aromatic rings. The Labute approximate surface area is 139 Å². The SMILES string of the molecule is O=C(Nc1ccc(Cl)cc1C(=O)O)Nc1ccccc1C(F)(F)F. The Morgan fingerprint density at radius 3 is 2.25 bits per heavy atom. The smallest absolute Gasteiger partial charge is 0.418 e. The lowest BCUT2D eigenvalue weighted by Crippen LogP contribution is -2.23. The molecule has 3 N–H and O–H groups in total. The fourth-order valence-corrected chi connectivity index (χ4v) is 2.09. The normalized spacial score (nSPS) is 11.0. The zero-order valence-corrected chi connectivity index (χ0v) is 12.6. The second kappa shape index (κ2) is 6.79. The molecular weight excluding hydrogens is 349 g/mol. The lowest BCUT2D eigenvalue weighted by Gasteiger charge is -2.14. The minimum atomic E-state index is -4.64. The van der Waals surface area contributed by atoms with E-state index in [0.717, 1.165) is 18.2 Å². The van der Waals surface area contributed by atoms with Crippen LogP contribution in [0.15, 0.2) is 42.5 Å². The van der Waals surface area contributed by atoms with Gasteiger partial charge in [0, 0.05) is 5.02 Å². The molecule has 0 bridgehead atoms. The number of nitrogens with one attached hydrogen (secondary N) is 2. The maximum Gasteiger partial charge on any atom is 0.418 e. The summed E-state index contributed by atoms with van der Waals surface area (Å²) >= 11 is 5.68. The van der Waals surface area contributed by atoms with Gasteiger partial charge in [0.1, 0.15) is 0 Å². The summed E-state index contributed by atoms with van der Waals surface area (Å²) in [5.74, 6) is -1.34. The monoisotopic (exact) mass is 358 g/mol. The van der Waals surface area contributed by atoms with Crippen LogP contribution in [0.25, 0.3) is 0 Å². The Morgan fingerprint density at radius 2 is 1.62 bits per heavy atom. The van der Waals surface area contributed by atoms with Crippen molar-refractivity contribution < 1.29 is 27.9 Å². The first-order valence-corrected chi connectivity index (χ1v) is 6.83. The molecule has 0 radical (unpaired) electrons. The van der Waals surface area contributed by atoms with Crippen molar-refractivity contribution in [3.05, 3.63) is 58.6 Å². The van der Waals surface area contributed by atoms with Gasteiger partial charge in [0.25, 0.3) is 0 Å².